The van der Waals surface area contributed by atoms with Crippen molar-refractivity contribution in [3.63, 3.8) is 0 Å². The number of fused-ring (bicyclic) bond motifs is 1. The monoisotopic (exact) mass is 205 g/mol. The van der Waals surface area contributed by atoms with E-state index in [1.54, 1.807) is 6.20 Å². The molecule has 2 heteroatoms. The number of para-hydroxylation sites is 2. The summed E-state index contributed by atoms with van der Waals surface area (Å²) in [5, 5.41) is 0. The van der Waals surface area contributed by atoms with E-state index >= 15 is 0 Å². The zero-order chi connectivity index (χ0) is 10.8. The predicted molar refractivity (Wildman–Crippen MR) is 63.8 cm³/mol. The minimum absolute atomic E-state index is 0.860. The van der Waals surface area contributed by atoms with Gasteiger partial charge in [-0.2, -0.15) is 0 Å². The average Bonchev–Trinajstić information content (AvgIpc) is 2.39. The zero-order valence-corrected chi connectivity index (χ0v) is 8.59. The molecule has 1 radical (unpaired) electrons. The Balaban J connectivity index is 2.19. The molecule has 0 amide bonds. The van der Waals surface area contributed by atoms with Gasteiger partial charge in [-0.15, -0.1) is 0 Å². The summed E-state index contributed by atoms with van der Waals surface area (Å²) < 4.78 is 0. The van der Waals surface area contributed by atoms with Crippen molar-refractivity contribution in [3.05, 3.63) is 60.8 Å². The molecule has 2 aromatic carbocycles. The molecule has 0 spiro atoms. The highest BCUT2D eigenvalue weighted by Crippen LogP contribution is 2.17. The highest BCUT2D eigenvalue weighted by atomic mass is 14.8. The molecule has 0 aliphatic rings. The van der Waals surface area contributed by atoms with Gasteiger partial charge in [0.05, 0.1) is 22.9 Å². The van der Waals surface area contributed by atoms with Crippen molar-refractivity contribution in [2.75, 3.05) is 0 Å². The van der Waals surface area contributed by atoms with E-state index in [-0.39, 0.29) is 0 Å². The van der Waals surface area contributed by atoms with Crippen molar-refractivity contribution in [1.29, 1.82) is 0 Å². The molecule has 3 rings (SSSR count). The van der Waals surface area contributed by atoms with Crippen LogP contribution in [0.2, 0.25) is 0 Å². The molecular weight excluding hydrogens is 196 g/mol. The summed E-state index contributed by atoms with van der Waals surface area (Å²) in [6.45, 7) is 0. The van der Waals surface area contributed by atoms with E-state index in [0.29, 0.717) is 0 Å². The van der Waals surface area contributed by atoms with Crippen LogP contribution in [0.25, 0.3) is 22.3 Å². The SMILES string of the molecule is [c]1ccccc1-c1cnc2ccccc2n1. The smallest absolute Gasteiger partial charge is 0.0899 e. The fourth-order valence-corrected chi connectivity index (χ4v) is 1.64. The van der Waals surface area contributed by atoms with Crippen molar-refractivity contribution in [1.82, 2.24) is 9.97 Å². The van der Waals surface area contributed by atoms with Gasteiger partial charge in [-0.3, -0.25) is 4.98 Å². The van der Waals surface area contributed by atoms with Crippen molar-refractivity contribution >= 4 is 11.0 Å². The summed E-state index contributed by atoms with van der Waals surface area (Å²) >= 11 is 0. The molecule has 3 aromatic rings. The predicted octanol–water partition coefficient (Wildman–Crippen LogP) is 3.10. The molecule has 0 bridgehead atoms. The van der Waals surface area contributed by atoms with Gasteiger partial charge < -0.3 is 0 Å². The normalized spacial score (nSPS) is 10.5. The molecule has 0 saturated heterocycles. The summed E-state index contributed by atoms with van der Waals surface area (Å²) in [4.78, 5) is 8.93. The third kappa shape index (κ3) is 1.54. The molecule has 0 aliphatic carbocycles. The maximum absolute atomic E-state index is 4.55. The largest absolute Gasteiger partial charge is 0.252 e. The van der Waals surface area contributed by atoms with Crippen LogP contribution in [-0.4, -0.2) is 9.97 Å². The molecule has 75 valence electrons. The Morgan fingerprint density at radius 2 is 1.69 bits per heavy atom. The fraction of sp³-hybridized carbons (Fsp3) is 0. The van der Waals surface area contributed by atoms with E-state index in [0.717, 1.165) is 22.3 Å². The lowest BCUT2D eigenvalue weighted by Crippen LogP contribution is -1.87. The van der Waals surface area contributed by atoms with Gasteiger partial charge in [0.2, 0.25) is 0 Å². The average molecular weight is 205 g/mol. The minimum Gasteiger partial charge on any atom is -0.252 e. The van der Waals surface area contributed by atoms with Gasteiger partial charge >= 0.3 is 0 Å². The van der Waals surface area contributed by atoms with Gasteiger partial charge in [0.1, 0.15) is 0 Å². The third-order valence-corrected chi connectivity index (χ3v) is 2.43. The molecule has 0 aliphatic heterocycles. The summed E-state index contributed by atoms with van der Waals surface area (Å²) in [6.07, 6.45) is 1.79. The van der Waals surface area contributed by atoms with Gasteiger partial charge in [-0.05, 0) is 18.2 Å². The number of hydrogen-bond acceptors (Lipinski definition) is 2. The number of rotatable bonds is 1. The first-order chi connectivity index (χ1) is 7.93. The maximum Gasteiger partial charge on any atom is 0.0899 e. The molecule has 0 atom stereocenters. The molecule has 2 nitrogen and oxygen atoms in total. The van der Waals surface area contributed by atoms with E-state index in [9.17, 15) is 0 Å². The van der Waals surface area contributed by atoms with Crippen LogP contribution in [0, 0.1) is 6.07 Å². The van der Waals surface area contributed by atoms with Gasteiger partial charge in [-0.25, -0.2) is 4.98 Å². The van der Waals surface area contributed by atoms with Crippen LogP contribution in [0.5, 0.6) is 0 Å². The molecular formula is C14H9N2. The highest BCUT2D eigenvalue weighted by Gasteiger charge is 2.01. The Hall–Kier alpha value is -2.22. The van der Waals surface area contributed by atoms with Crippen LogP contribution in [0.15, 0.2) is 54.7 Å². The van der Waals surface area contributed by atoms with Crippen LogP contribution in [0.3, 0.4) is 0 Å². The number of aromatic nitrogens is 2. The Morgan fingerprint density at radius 1 is 0.875 bits per heavy atom. The highest BCUT2D eigenvalue weighted by molar-refractivity contribution is 5.76. The van der Waals surface area contributed by atoms with Gasteiger partial charge in [0.15, 0.2) is 0 Å². The Kier molecular flexibility index (Phi) is 2.11. The van der Waals surface area contributed by atoms with Crippen molar-refractivity contribution in [3.8, 4) is 11.3 Å². The quantitative estimate of drug-likeness (QED) is 0.610. The van der Waals surface area contributed by atoms with Gasteiger partial charge in [0.25, 0.3) is 0 Å². The molecule has 0 saturated carbocycles. The molecule has 16 heavy (non-hydrogen) atoms. The van der Waals surface area contributed by atoms with Gasteiger partial charge in [0, 0.05) is 5.56 Å². The van der Waals surface area contributed by atoms with Crippen molar-refractivity contribution in [2.24, 2.45) is 0 Å². The standard InChI is InChI=1S/C14H9N2/c1-2-6-11(7-3-1)14-10-15-12-8-4-5-9-13(12)16-14/h1-6,8-10H. The van der Waals surface area contributed by atoms with E-state index in [2.05, 4.69) is 16.0 Å². The first kappa shape index (κ1) is 9.04. The van der Waals surface area contributed by atoms with E-state index in [4.69, 9.17) is 0 Å². The first-order valence-electron chi connectivity index (χ1n) is 5.12. The number of nitrogens with zero attached hydrogens (tertiary/aromatic N) is 2. The molecule has 0 fully saturated rings. The Bertz CT molecular complexity index is 618. The van der Waals surface area contributed by atoms with Gasteiger partial charge in [-0.1, -0.05) is 36.4 Å². The van der Waals surface area contributed by atoms with Crippen molar-refractivity contribution < 1.29 is 0 Å². The summed E-state index contributed by atoms with van der Waals surface area (Å²) in [5.41, 5.74) is 3.67. The van der Waals surface area contributed by atoms with Crippen LogP contribution >= 0.6 is 0 Å². The fourth-order valence-electron chi connectivity index (χ4n) is 1.64. The lowest BCUT2D eigenvalue weighted by molar-refractivity contribution is 1.29. The zero-order valence-electron chi connectivity index (χ0n) is 8.59. The first-order valence-corrected chi connectivity index (χ1v) is 5.12. The Morgan fingerprint density at radius 3 is 2.50 bits per heavy atom. The number of benzene rings is 2. The molecule has 1 heterocycles. The third-order valence-electron chi connectivity index (χ3n) is 2.43. The lowest BCUT2D eigenvalue weighted by atomic mass is 10.1. The van der Waals surface area contributed by atoms with Crippen LogP contribution in [0.4, 0.5) is 0 Å². The topological polar surface area (TPSA) is 25.8 Å². The Labute approximate surface area is 93.6 Å². The molecule has 1 aromatic heterocycles. The van der Waals surface area contributed by atoms with Crippen LogP contribution in [-0.2, 0) is 0 Å². The second kappa shape index (κ2) is 3.74. The minimum atomic E-state index is 0.860. The van der Waals surface area contributed by atoms with E-state index in [1.807, 2.05) is 48.5 Å². The number of hydrogen-bond donors (Lipinski definition) is 0. The summed E-state index contributed by atoms with van der Waals surface area (Å²) in [7, 11) is 0. The lowest BCUT2D eigenvalue weighted by Gasteiger charge is -2.01. The van der Waals surface area contributed by atoms with Crippen LogP contribution < -0.4 is 0 Å². The molecule has 0 N–H and O–H groups in total. The van der Waals surface area contributed by atoms with E-state index < -0.39 is 0 Å². The van der Waals surface area contributed by atoms with Crippen molar-refractivity contribution in [2.45, 2.75) is 0 Å². The second-order valence-corrected chi connectivity index (χ2v) is 3.52. The summed E-state index contributed by atoms with van der Waals surface area (Å²) in [5.74, 6) is 0. The second-order valence-electron chi connectivity index (χ2n) is 3.52. The molecule has 0 unspecified atom stereocenters. The maximum atomic E-state index is 4.55. The van der Waals surface area contributed by atoms with E-state index in [1.165, 1.54) is 0 Å². The summed E-state index contributed by atoms with van der Waals surface area (Å²) in [6, 6.07) is 18.8. The van der Waals surface area contributed by atoms with Crippen LogP contribution in [0.1, 0.15) is 0 Å².